The Hall–Kier alpha value is -0.970. The van der Waals surface area contributed by atoms with Crippen molar-refractivity contribution in [2.75, 3.05) is 33.7 Å². The number of aliphatic hydroxyl groups excluding tert-OH is 1. The Balaban J connectivity index is 2.00. The summed E-state index contributed by atoms with van der Waals surface area (Å²) >= 11 is 0. The third-order valence-electron chi connectivity index (χ3n) is 3.73. The molecule has 1 N–H and O–H groups in total. The fourth-order valence-electron chi connectivity index (χ4n) is 2.62. The highest BCUT2D eigenvalue weighted by Crippen LogP contribution is 2.13. The highest BCUT2D eigenvalue weighted by molar-refractivity contribution is 5.10. The van der Waals surface area contributed by atoms with Gasteiger partial charge in [-0.1, -0.05) is 6.07 Å². The molecule has 0 amide bonds. The average molecular weight is 249 g/mol. The van der Waals surface area contributed by atoms with Gasteiger partial charge in [-0.05, 0) is 45.2 Å². The van der Waals surface area contributed by atoms with Gasteiger partial charge in [-0.2, -0.15) is 0 Å². The maximum absolute atomic E-state index is 10.4. The van der Waals surface area contributed by atoms with Gasteiger partial charge in [0.1, 0.15) is 0 Å². The number of rotatable bonds is 3. The first kappa shape index (κ1) is 13.5. The maximum Gasteiger partial charge on any atom is 0.0748 e. The minimum Gasteiger partial charge on any atom is -0.391 e. The zero-order valence-electron chi connectivity index (χ0n) is 11.3. The quantitative estimate of drug-likeness (QED) is 0.852. The first-order chi connectivity index (χ1) is 8.66. The van der Waals surface area contributed by atoms with Gasteiger partial charge in [0, 0.05) is 31.4 Å². The molecule has 0 aliphatic carbocycles. The molecule has 1 fully saturated rings. The number of aliphatic hydroxyl groups is 1. The van der Waals surface area contributed by atoms with Crippen LogP contribution in [0.3, 0.4) is 0 Å². The summed E-state index contributed by atoms with van der Waals surface area (Å²) in [6.45, 7) is 3.09. The number of hydrogen-bond acceptors (Lipinski definition) is 4. The highest BCUT2D eigenvalue weighted by atomic mass is 16.3. The molecule has 100 valence electrons. The van der Waals surface area contributed by atoms with Gasteiger partial charge in [-0.3, -0.25) is 9.88 Å². The summed E-state index contributed by atoms with van der Waals surface area (Å²) in [6.07, 6.45) is 5.12. The lowest BCUT2D eigenvalue weighted by atomic mass is 10.0. The van der Waals surface area contributed by atoms with Crippen LogP contribution < -0.4 is 0 Å². The number of likely N-dealkylation sites (N-methyl/N-ethyl adjacent to an activating group) is 2. The predicted octanol–water partition coefficient (Wildman–Crippen LogP) is 0.621. The normalized spacial score (nSPS) is 24.7. The van der Waals surface area contributed by atoms with E-state index in [0.29, 0.717) is 6.42 Å². The van der Waals surface area contributed by atoms with Crippen molar-refractivity contribution in [1.29, 1.82) is 0 Å². The van der Waals surface area contributed by atoms with Crippen molar-refractivity contribution in [3.8, 4) is 0 Å². The molecule has 1 aliphatic rings. The Kier molecular flexibility index (Phi) is 4.69. The Morgan fingerprint density at radius 3 is 3.00 bits per heavy atom. The van der Waals surface area contributed by atoms with Crippen LogP contribution in [0.25, 0.3) is 0 Å². The molecule has 1 saturated heterocycles. The van der Waals surface area contributed by atoms with Crippen molar-refractivity contribution in [2.45, 2.75) is 25.0 Å². The molecule has 0 radical (unpaired) electrons. The third kappa shape index (κ3) is 3.51. The van der Waals surface area contributed by atoms with E-state index < -0.39 is 0 Å². The smallest absolute Gasteiger partial charge is 0.0748 e. The lowest BCUT2D eigenvalue weighted by Gasteiger charge is -2.31. The molecule has 1 aromatic heterocycles. The van der Waals surface area contributed by atoms with E-state index in [2.05, 4.69) is 28.9 Å². The Labute approximate surface area is 109 Å². The maximum atomic E-state index is 10.4. The molecule has 18 heavy (non-hydrogen) atoms. The zero-order valence-corrected chi connectivity index (χ0v) is 11.3. The molecule has 2 heterocycles. The number of nitrogens with zero attached hydrogens (tertiary/aromatic N) is 3. The monoisotopic (exact) mass is 249 g/mol. The predicted molar refractivity (Wildman–Crippen MR) is 72.5 cm³/mol. The molecule has 0 spiro atoms. The van der Waals surface area contributed by atoms with Crippen LogP contribution in [0.4, 0.5) is 0 Å². The SMILES string of the molecule is CN1CCCN(C)C(C(O)Cc2cccnc2)C1. The molecule has 0 saturated carbocycles. The van der Waals surface area contributed by atoms with E-state index >= 15 is 0 Å². The summed E-state index contributed by atoms with van der Waals surface area (Å²) in [5, 5.41) is 10.4. The standard InChI is InChI=1S/C14H23N3O/c1-16-7-4-8-17(2)13(11-16)14(18)9-12-5-3-6-15-10-12/h3,5-6,10,13-14,18H,4,7-9,11H2,1-2H3. The molecule has 2 rings (SSSR count). The van der Waals surface area contributed by atoms with E-state index in [4.69, 9.17) is 0 Å². The Bertz CT molecular complexity index is 357. The van der Waals surface area contributed by atoms with E-state index in [9.17, 15) is 5.11 Å². The van der Waals surface area contributed by atoms with Crippen LogP contribution >= 0.6 is 0 Å². The molecule has 1 aliphatic heterocycles. The minimum absolute atomic E-state index is 0.206. The fraction of sp³-hybridized carbons (Fsp3) is 0.643. The van der Waals surface area contributed by atoms with E-state index in [1.807, 2.05) is 18.3 Å². The van der Waals surface area contributed by atoms with Crippen LogP contribution in [0.1, 0.15) is 12.0 Å². The second-order valence-electron chi connectivity index (χ2n) is 5.30. The summed E-state index contributed by atoms with van der Waals surface area (Å²) in [5.74, 6) is 0. The van der Waals surface area contributed by atoms with Crippen LogP contribution in [-0.4, -0.2) is 65.8 Å². The van der Waals surface area contributed by atoms with Crippen LogP contribution in [0.15, 0.2) is 24.5 Å². The van der Waals surface area contributed by atoms with Gasteiger partial charge in [0.2, 0.25) is 0 Å². The summed E-state index contributed by atoms with van der Waals surface area (Å²) < 4.78 is 0. The summed E-state index contributed by atoms with van der Waals surface area (Å²) in [7, 11) is 4.24. The van der Waals surface area contributed by atoms with Crippen LogP contribution in [0, 0.1) is 0 Å². The molecule has 2 atom stereocenters. The fourth-order valence-corrected chi connectivity index (χ4v) is 2.62. The van der Waals surface area contributed by atoms with Crippen LogP contribution in [0.2, 0.25) is 0 Å². The largest absolute Gasteiger partial charge is 0.391 e. The molecule has 0 bridgehead atoms. The lowest BCUT2D eigenvalue weighted by molar-refractivity contribution is 0.0581. The molecular formula is C14H23N3O. The summed E-state index contributed by atoms with van der Waals surface area (Å²) in [6, 6.07) is 4.15. The Morgan fingerprint density at radius 1 is 1.44 bits per heavy atom. The molecular weight excluding hydrogens is 226 g/mol. The first-order valence-corrected chi connectivity index (χ1v) is 6.62. The highest BCUT2D eigenvalue weighted by Gasteiger charge is 2.27. The number of aromatic nitrogens is 1. The van der Waals surface area contributed by atoms with Gasteiger partial charge in [0.05, 0.1) is 6.10 Å². The first-order valence-electron chi connectivity index (χ1n) is 6.62. The Morgan fingerprint density at radius 2 is 2.28 bits per heavy atom. The third-order valence-corrected chi connectivity index (χ3v) is 3.73. The van der Waals surface area contributed by atoms with Crippen molar-refractivity contribution in [2.24, 2.45) is 0 Å². The average Bonchev–Trinajstić information content (AvgIpc) is 2.52. The van der Waals surface area contributed by atoms with Crippen molar-refractivity contribution >= 4 is 0 Å². The van der Waals surface area contributed by atoms with E-state index in [0.717, 1.165) is 25.2 Å². The molecule has 1 aromatic rings. The molecule has 4 nitrogen and oxygen atoms in total. The van der Waals surface area contributed by atoms with E-state index in [-0.39, 0.29) is 12.1 Å². The van der Waals surface area contributed by atoms with Gasteiger partial charge in [0.25, 0.3) is 0 Å². The topological polar surface area (TPSA) is 39.6 Å². The second-order valence-corrected chi connectivity index (χ2v) is 5.30. The molecule has 2 unspecified atom stereocenters. The van der Waals surface area contributed by atoms with Gasteiger partial charge in [-0.15, -0.1) is 0 Å². The minimum atomic E-state index is -0.334. The van der Waals surface area contributed by atoms with Crippen molar-refractivity contribution < 1.29 is 5.11 Å². The summed E-state index contributed by atoms with van der Waals surface area (Å²) in [4.78, 5) is 8.69. The van der Waals surface area contributed by atoms with E-state index in [1.54, 1.807) is 6.20 Å². The van der Waals surface area contributed by atoms with E-state index in [1.165, 1.54) is 6.42 Å². The second kappa shape index (κ2) is 6.27. The van der Waals surface area contributed by atoms with Crippen molar-refractivity contribution in [3.63, 3.8) is 0 Å². The van der Waals surface area contributed by atoms with Crippen molar-refractivity contribution in [1.82, 2.24) is 14.8 Å². The van der Waals surface area contributed by atoms with Gasteiger partial charge < -0.3 is 10.0 Å². The lowest BCUT2D eigenvalue weighted by Crippen LogP contribution is -2.47. The van der Waals surface area contributed by atoms with Crippen LogP contribution in [0.5, 0.6) is 0 Å². The molecule has 4 heteroatoms. The molecule has 0 aromatic carbocycles. The number of pyridine rings is 1. The summed E-state index contributed by atoms with van der Waals surface area (Å²) in [5.41, 5.74) is 1.10. The van der Waals surface area contributed by atoms with Gasteiger partial charge in [-0.25, -0.2) is 0 Å². The van der Waals surface area contributed by atoms with Gasteiger partial charge in [0.15, 0.2) is 0 Å². The van der Waals surface area contributed by atoms with Crippen LogP contribution in [-0.2, 0) is 6.42 Å². The van der Waals surface area contributed by atoms with Crippen molar-refractivity contribution in [3.05, 3.63) is 30.1 Å². The number of hydrogen-bond donors (Lipinski definition) is 1. The zero-order chi connectivity index (χ0) is 13.0. The van der Waals surface area contributed by atoms with Gasteiger partial charge >= 0.3 is 0 Å².